The van der Waals surface area contributed by atoms with E-state index in [0.29, 0.717) is 12.5 Å². The molecule has 0 unspecified atom stereocenters. The zero-order valence-corrected chi connectivity index (χ0v) is 13.9. The first kappa shape index (κ1) is 16.3. The Kier molecular flexibility index (Phi) is 5.37. The molecule has 0 heterocycles. The van der Waals surface area contributed by atoms with Crippen LogP contribution in [0.3, 0.4) is 0 Å². The molecule has 0 aliphatic rings. The summed E-state index contributed by atoms with van der Waals surface area (Å²) in [6.07, 6.45) is 0. The fraction of sp³-hybridized carbons (Fsp3) is 0.350. The predicted octanol–water partition coefficient (Wildman–Crippen LogP) is 4.75. The molecule has 0 spiro atoms. The molecule has 0 aliphatic heterocycles. The van der Waals surface area contributed by atoms with Crippen LogP contribution in [0.4, 0.5) is 0 Å². The Morgan fingerprint density at radius 1 is 0.909 bits per heavy atom. The Balaban J connectivity index is 2.14. The molecule has 0 N–H and O–H groups in total. The average Bonchev–Trinajstić information content (AvgIpc) is 2.53. The van der Waals surface area contributed by atoms with Crippen molar-refractivity contribution in [1.82, 2.24) is 4.90 Å². The van der Waals surface area contributed by atoms with Gasteiger partial charge in [-0.3, -0.25) is 4.79 Å². The maximum absolute atomic E-state index is 11.9. The molecule has 22 heavy (non-hydrogen) atoms. The molecule has 116 valence electrons. The summed E-state index contributed by atoms with van der Waals surface area (Å²) in [6, 6.07) is 19.1. The Morgan fingerprint density at radius 2 is 1.45 bits per heavy atom. The van der Waals surface area contributed by atoms with Gasteiger partial charge in [-0.15, -0.1) is 0 Å². The van der Waals surface area contributed by atoms with E-state index in [1.807, 2.05) is 23.1 Å². The van der Waals surface area contributed by atoms with E-state index >= 15 is 0 Å². The van der Waals surface area contributed by atoms with E-state index in [1.165, 1.54) is 16.7 Å². The molecule has 1 atom stereocenters. The first-order chi connectivity index (χ1) is 10.5. The fourth-order valence-electron chi connectivity index (χ4n) is 2.53. The van der Waals surface area contributed by atoms with Gasteiger partial charge in [0.2, 0.25) is 5.91 Å². The van der Waals surface area contributed by atoms with Gasteiger partial charge in [0.25, 0.3) is 0 Å². The van der Waals surface area contributed by atoms with Crippen molar-refractivity contribution in [3.63, 3.8) is 0 Å². The predicted molar refractivity (Wildman–Crippen MR) is 92.4 cm³/mol. The maximum Gasteiger partial charge on any atom is 0.219 e. The minimum absolute atomic E-state index is 0.133. The molecule has 0 bridgehead atoms. The SMILES string of the molecule is CC(=O)N(Cc1ccc(-c2ccccc2)cc1)[C@H](C)C(C)C. The summed E-state index contributed by atoms with van der Waals surface area (Å²) in [5.41, 5.74) is 3.59. The molecule has 0 radical (unpaired) electrons. The molecule has 2 aromatic carbocycles. The molecule has 2 rings (SSSR count). The zero-order chi connectivity index (χ0) is 16.1. The van der Waals surface area contributed by atoms with Gasteiger partial charge < -0.3 is 4.90 Å². The van der Waals surface area contributed by atoms with Crippen LogP contribution in [-0.2, 0) is 11.3 Å². The highest BCUT2D eigenvalue weighted by molar-refractivity contribution is 5.73. The molecular formula is C20H25NO. The van der Waals surface area contributed by atoms with Crippen LogP contribution < -0.4 is 0 Å². The van der Waals surface area contributed by atoms with E-state index in [1.54, 1.807) is 6.92 Å². The maximum atomic E-state index is 11.9. The molecule has 0 aliphatic carbocycles. The van der Waals surface area contributed by atoms with Gasteiger partial charge in [0, 0.05) is 19.5 Å². The number of benzene rings is 2. The number of hydrogen-bond donors (Lipinski definition) is 0. The van der Waals surface area contributed by atoms with Gasteiger partial charge >= 0.3 is 0 Å². The number of carbonyl (C=O) groups is 1. The van der Waals surface area contributed by atoms with Gasteiger partial charge in [-0.2, -0.15) is 0 Å². The lowest BCUT2D eigenvalue weighted by atomic mass is 10.0. The highest BCUT2D eigenvalue weighted by Crippen LogP contribution is 2.21. The van der Waals surface area contributed by atoms with Crippen LogP contribution in [0.1, 0.15) is 33.3 Å². The van der Waals surface area contributed by atoms with E-state index in [2.05, 4.69) is 57.2 Å². The summed E-state index contributed by atoms with van der Waals surface area (Å²) in [7, 11) is 0. The molecule has 0 saturated carbocycles. The quantitative estimate of drug-likeness (QED) is 0.779. The standard InChI is InChI=1S/C20H25NO/c1-15(2)16(3)21(17(4)22)14-18-10-12-20(13-11-18)19-8-6-5-7-9-19/h5-13,15-16H,14H2,1-4H3/t16-/m1/s1. The average molecular weight is 295 g/mol. The van der Waals surface area contributed by atoms with Crippen molar-refractivity contribution in [2.45, 2.75) is 40.3 Å². The summed E-state index contributed by atoms with van der Waals surface area (Å²) in [6.45, 7) is 8.74. The van der Waals surface area contributed by atoms with Crippen LogP contribution in [0.25, 0.3) is 11.1 Å². The first-order valence-corrected chi connectivity index (χ1v) is 7.90. The van der Waals surface area contributed by atoms with Gasteiger partial charge in [0.1, 0.15) is 0 Å². The molecule has 1 amide bonds. The third-order valence-corrected chi connectivity index (χ3v) is 4.27. The molecule has 2 nitrogen and oxygen atoms in total. The van der Waals surface area contributed by atoms with Crippen LogP contribution >= 0.6 is 0 Å². The van der Waals surface area contributed by atoms with Gasteiger partial charge in [0.15, 0.2) is 0 Å². The van der Waals surface area contributed by atoms with Crippen molar-refractivity contribution in [2.24, 2.45) is 5.92 Å². The lowest BCUT2D eigenvalue weighted by molar-refractivity contribution is -0.132. The summed E-state index contributed by atoms with van der Waals surface area (Å²) < 4.78 is 0. The van der Waals surface area contributed by atoms with Crippen molar-refractivity contribution in [3.8, 4) is 11.1 Å². The Hall–Kier alpha value is -2.09. The van der Waals surface area contributed by atoms with Crippen molar-refractivity contribution in [3.05, 3.63) is 60.2 Å². The zero-order valence-electron chi connectivity index (χ0n) is 13.9. The van der Waals surface area contributed by atoms with Gasteiger partial charge in [-0.25, -0.2) is 0 Å². The van der Waals surface area contributed by atoms with Crippen LogP contribution in [-0.4, -0.2) is 16.8 Å². The second kappa shape index (κ2) is 7.26. The summed E-state index contributed by atoms with van der Waals surface area (Å²) in [5, 5.41) is 0. The monoisotopic (exact) mass is 295 g/mol. The molecule has 2 aromatic rings. The largest absolute Gasteiger partial charge is 0.336 e. The first-order valence-electron chi connectivity index (χ1n) is 7.90. The highest BCUT2D eigenvalue weighted by Gasteiger charge is 2.19. The number of hydrogen-bond acceptors (Lipinski definition) is 1. The van der Waals surface area contributed by atoms with Crippen LogP contribution in [0.2, 0.25) is 0 Å². The lowest BCUT2D eigenvalue weighted by Gasteiger charge is -2.31. The van der Waals surface area contributed by atoms with Crippen LogP contribution in [0.15, 0.2) is 54.6 Å². The number of amides is 1. The molecule has 0 fully saturated rings. The third kappa shape index (κ3) is 3.97. The molecular weight excluding hydrogens is 270 g/mol. The Bertz CT molecular complexity index is 601. The minimum Gasteiger partial charge on any atom is -0.336 e. The molecule has 0 aromatic heterocycles. The van der Waals surface area contributed by atoms with Crippen molar-refractivity contribution in [1.29, 1.82) is 0 Å². The van der Waals surface area contributed by atoms with E-state index in [4.69, 9.17) is 0 Å². The minimum atomic E-state index is 0.133. The van der Waals surface area contributed by atoms with Gasteiger partial charge in [-0.05, 0) is 29.5 Å². The topological polar surface area (TPSA) is 20.3 Å². The van der Waals surface area contributed by atoms with E-state index in [-0.39, 0.29) is 11.9 Å². The summed E-state index contributed by atoms with van der Waals surface area (Å²) in [5.74, 6) is 0.584. The van der Waals surface area contributed by atoms with Crippen LogP contribution in [0, 0.1) is 5.92 Å². The third-order valence-electron chi connectivity index (χ3n) is 4.27. The number of nitrogens with zero attached hydrogens (tertiary/aromatic N) is 1. The summed E-state index contributed by atoms with van der Waals surface area (Å²) in [4.78, 5) is 13.9. The highest BCUT2D eigenvalue weighted by atomic mass is 16.2. The van der Waals surface area contributed by atoms with Crippen LogP contribution in [0.5, 0.6) is 0 Å². The molecule has 0 saturated heterocycles. The van der Waals surface area contributed by atoms with Crippen molar-refractivity contribution >= 4 is 5.91 Å². The normalized spacial score (nSPS) is 12.2. The second-order valence-electron chi connectivity index (χ2n) is 6.19. The summed E-state index contributed by atoms with van der Waals surface area (Å²) >= 11 is 0. The van der Waals surface area contributed by atoms with E-state index < -0.39 is 0 Å². The van der Waals surface area contributed by atoms with E-state index in [0.717, 1.165) is 0 Å². The van der Waals surface area contributed by atoms with Gasteiger partial charge in [0.05, 0.1) is 0 Å². The van der Waals surface area contributed by atoms with Gasteiger partial charge in [-0.1, -0.05) is 68.4 Å². The number of rotatable bonds is 5. The Labute approximate surface area is 133 Å². The molecule has 2 heteroatoms. The van der Waals surface area contributed by atoms with Crippen molar-refractivity contribution < 1.29 is 4.79 Å². The van der Waals surface area contributed by atoms with E-state index in [9.17, 15) is 4.79 Å². The smallest absolute Gasteiger partial charge is 0.219 e. The number of carbonyl (C=O) groups excluding carboxylic acids is 1. The fourth-order valence-corrected chi connectivity index (χ4v) is 2.53. The Morgan fingerprint density at radius 3 is 1.95 bits per heavy atom. The van der Waals surface area contributed by atoms with Crippen molar-refractivity contribution in [2.75, 3.05) is 0 Å². The lowest BCUT2D eigenvalue weighted by Crippen LogP contribution is -2.39. The second-order valence-corrected chi connectivity index (χ2v) is 6.19.